The number of hydrogen-bond acceptors (Lipinski definition) is 2. The molecule has 2 aromatic rings. The van der Waals surface area contributed by atoms with Crippen LogP contribution in [0, 0.1) is 0 Å². The van der Waals surface area contributed by atoms with E-state index < -0.39 is 30.1 Å². The monoisotopic (exact) mass is 353 g/mol. The van der Waals surface area contributed by atoms with Crippen molar-refractivity contribution in [3.8, 4) is 0 Å². The van der Waals surface area contributed by atoms with Crippen molar-refractivity contribution in [1.82, 2.24) is 15.2 Å². The maximum Gasteiger partial charge on any atom is 0.408 e. The summed E-state index contributed by atoms with van der Waals surface area (Å²) in [4.78, 5) is 27.7. The minimum absolute atomic E-state index is 0.147. The third-order valence-corrected chi connectivity index (χ3v) is 4.47. The fraction of sp³-hybridized carbons (Fsp3) is 0.412. The molecule has 0 bridgehead atoms. The summed E-state index contributed by atoms with van der Waals surface area (Å²) in [6.45, 7) is 0.964. The molecule has 3 rings (SSSR count). The van der Waals surface area contributed by atoms with E-state index in [0.717, 1.165) is 22.7 Å². The zero-order valence-electron chi connectivity index (χ0n) is 13.6. The highest BCUT2D eigenvalue weighted by Crippen LogP contribution is 2.32. The van der Waals surface area contributed by atoms with E-state index in [4.69, 9.17) is 0 Å². The minimum Gasteiger partial charge on any atom is -0.351 e. The van der Waals surface area contributed by atoms with Gasteiger partial charge < -0.3 is 15.2 Å². The number of alkyl halides is 3. The predicted molar refractivity (Wildman–Crippen MR) is 86.0 cm³/mol. The number of nitrogens with one attached hydrogen (secondary N) is 2. The van der Waals surface area contributed by atoms with Gasteiger partial charge in [0, 0.05) is 30.4 Å². The lowest BCUT2D eigenvalue weighted by Crippen LogP contribution is -2.57. The smallest absolute Gasteiger partial charge is 0.351 e. The molecule has 8 heteroatoms. The predicted octanol–water partition coefficient (Wildman–Crippen LogP) is 2.84. The fourth-order valence-electron chi connectivity index (χ4n) is 3.24. The van der Waals surface area contributed by atoms with Crippen molar-refractivity contribution in [2.45, 2.75) is 38.0 Å². The Labute approximate surface area is 142 Å². The molecule has 2 amide bonds. The molecule has 1 aliphatic heterocycles. The number of para-hydroxylation sites is 1. The lowest BCUT2D eigenvalue weighted by Gasteiger charge is -2.40. The van der Waals surface area contributed by atoms with E-state index in [9.17, 15) is 22.8 Å². The first-order valence-corrected chi connectivity index (χ1v) is 7.98. The Kier molecular flexibility index (Phi) is 4.45. The second-order valence-corrected chi connectivity index (χ2v) is 6.25. The average Bonchev–Trinajstić information content (AvgIpc) is 2.98. The number of nitrogens with zero attached hydrogens (tertiary/aromatic N) is 1. The van der Waals surface area contributed by atoms with E-state index >= 15 is 0 Å². The highest BCUT2D eigenvalue weighted by Gasteiger charge is 2.47. The first-order chi connectivity index (χ1) is 11.8. The van der Waals surface area contributed by atoms with Crippen LogP contribution in [-0.2, 0) is 4.79 Å². The maximum atomic E-state index is 13.0. The van der Waals surface area contributed by atoms with Crippen molar-refractivity contribution < 1.29 is 22.8 Å². The molecule has 0 aliphatic carbocycles. The van der Waals surface area contributed by atoms with Gasteiger partial charge in [0.05, 0.1) is 0 Å². The largest absolute Gasteiger partial charge is 0.408 e. The lowest BCUT2D eigenvalue weighted by molar-refractivity contribution is -0.196. The topological polar surface area (TPSA) is 65.2 Å². The van der Waals surface area contributed by atoms with Gasteiger partial charge in [-0.1, -0.05) is 18.2 Å². The van der Waals surface area contributed by atoms with Gasteiger partial charge in [-0.25, -0.2) is 0 Å². The number of rotatable bonds is 2. The lowest BCUT2D eigenvalue weighted by atomic mass is 9.97. The summed E-state index contributed by atoms with van der Waals surface area (Å²) in [6.07, 6.45) is -4.52. The van der Waals surface area contributed by atoms with Gasteiger partial charge in [-0.15, -0.1) is 0 Å². The molecule has 1 saturated heterocycles. The summed E-state index contributed by atoms with van der Waals surface area (Å²) >= 11 is 0. The molecule has 5 nitrogen and oxygen atoms in total. The number of hydrogen-bond donors (Lipinski definition) is 2. The third-order valence-electron chi connectivity index (χ3n) is 4.47. The molecular formula is C17H18F3N3O2. The Balaban J connectivity index is 1.70. The molecule has 25 heavy (non-hydrogen) atoms. The van der Waals surface area contributed by atoms with Gasteiger partial charge in [0.25, 0.3) is 5.91 Å². The van der Waals surface area contributed by atoms with Crippen LogP contribution >= 0.6 is 0 Å². The zero-order chi connectivity index (χ0) is 18.2. The SMILES string of the molecule is CC(=O)N1CC(NC(=O)c2cc3ccccc3[nH]2)CCC1C(F)(F)F. The number of piperidine rings is 1. The number of amides is 2. The Bertz CT molecular complexity index is 767. The van der Waals surface area contributed by atoms with E-state index in [0.29, 0.717) is 5.69 Å². The number of aromatic nitrogens is 1. The van der Waals surface area contributed by atoms with Crippen molar-refractivity contribution in [2.24, 2.45) is 0 Å². The highest BCUT2D eigenvalue weighted by molar-refractivity contribution is 5.98. The van der Waals surface area contributed by atoms with Gasteiger partial charge >= 0.3 is 6.18 Å². The van der Waals surface area contributed by atoms with Crippen molar-refractivity contribution in [3.63, 3.8) is 0 Å². The van der Waals surface area contributed by atoms with Crippen molar-refractivity contribution >= 4 is 22.7 Å². The molecule has 1 fully saturated rings. The Morgan fingerprint density at radius 1 is 1.24 bits per heavy atom. The molecule has 1 aliphatic rings. The van der Waals surface area contributed by atoms with Gasteiger partial charge in [0.1, 0.15) is 11.7 Å². The van der Waals surface area contributed by atoms with Gasteiger partial charge in [0.2, 0.25) is 5.91 Å². The van der Waals surface area contributed by atoms with Crippen LogP contribution < -0.4 is 5.32 Å². The van der Waals surface area contributed by atoms with Crippen LogP contribution in [-0.4, -0.2) is 46.5 Å². The van der Waals surface area contributed by atoms with Gasteiger partial charge in [-0.05, 0) is 25.0 Å². The molecule has 2 unspecified atom stereocenters. The number of carbonyl (C=O) groups is 2. The molecule has 134 valence electrons. The van der Waals surface area contributed by atoms with E-state index in [1.54, 1.807) is 6.07 Å². The highest BCUT2D eigenvalue weighted by atomic mass is 19.4. The van der Waals surface area contributed by atoms with Crippen molar-refractivity contribution in [3.05, 3.63) is 36.0 Å². The van der Waals surface area contributed by atoms with Crippen LogP contribution in [0.5, 0.6) is 0 Å². The van der Waals surface area contributed by atoms with Crippen molar-refractivity contribution in [1.29, 1.82) is 0 Å². The molecule has 2 heterocycles. The normalized spacial score (nSPS) is 21.4. The summed E-state index contributed by atoms with van der Waals surface area (Å²) in [7, 11) is 0. The average molecular weight is 353 g/mol. The number of fused-ring (bicyclic) bond motifs is 1. The van der Waals surface area contributed by atoms with Gasteiger partial charge in [0.15, 0.2) is 0 Å². The van der Waals surface area contributed by atoms with E-state index in [2.05, 4.69) is 10.3 Å². The first kappa shape index (κ1) is 17.3. The summed E-state index contributed by atoms with van der Waals surface area (Å²) in [5.74, 6) is -1.04. The second-order valence-electron chi connectivity index (χ2n) is 6.25. The molecule has 0 saturated carbocycles. The maximum absolute atomic E-state index is 13.0. The molecule has 0 radical (unpaired) electrons. The Hall–Kier alpha value is -2.51. The van der Waals surface area contributed by atoms with E-state index in [-0.39, 0.29) is 19.4 Å². The Morgan fingerprint density at radius 2 is 1.96 bits per heavy atom. The third kappa shape index (κ3) is 3.62. The van der Waals surface area contributed by atoms with Crippen molar-refractivity contribution in [2.75, 3.05) is 6.54 Å². The van der Waals surface area contributed by atoms with Crippen LogP contribution in [0.1, 0.15) is 30.3 Å². The quantitative estimate of drug-likeness (QED) is 0.872. The Morgan fingerprint density at radius 3 is 2.60 bits per heavy atom. The van der Waals surface area contributed by atoms with E-state index in [1.807, 2.05) is 24.3 Å². The molecule has 2 atom stereocenters. The van der Waals surface area contributed by atoms with Crippen LogP contribution in [0.3, 0.4) is 0 Å². The number of aromatic amines is 1. The number of benzene rings is 1. The molecule has 0 spiro atoms. The van der Waals surface area contributed by atoms with E-state index in [1.165, 1.54) is 0 Å². The second kappa shape index (κ2) is 6.42. The summed E-state index contributed by atoms with van der Waals surface area (Å²) in [5.41, 5.74) is 1.15. The minimum atomic E-state index is -4.46. The molecular weight excluding hydrogens is 335 g/mol. The van der Waals surface area contributed by atoms with Crippen LogP contribution in [0.15, 0.2) is 30.3 Å². The molecule has 2 N–H and O–H groups in total. The first-order valence-electron chi connectivity index (χ1n) is 7.98. The van der Waals surface area contributed by atoms with Gasteiger partial charge in [-0.2, -0.15) is 13.2 Å². The van der Waals surface area contributed by atoms with Gasteiger partial charge in [-0.3, -0.25) is 9.59 Å². The standard InChI is InChI=1S/C17H18F3N3O2/c1-10(24)23-9-12(6-7-15(23)17(18,19)20)21-16(25)14-8-11-4-2-3-5-13(11)22-14/h2-5,8,12,15,22H,6-7,9H2,1H3,(H,21,25). The number of likely N-dealkylation sites (tertiary alicyclic amines) is 1. The fourth-order valence-corrected chi connectivity index (χ4v) is 3.24. The van der Waals surface area contributed by atoms with Crippen LogP contribution in [0.2, 0.25) is 0 Å². The summed E-state index contributed by atoms with van der Waals surface area (Å²) < 4.78 is 39.1. The number of H-pyrrole nitrogens is 1. The zero-order valence-corrected chi connectivity index (χ0v) is 13.6. The van der Waals surface area contributed by atoms with Crippen LogP contribution in [0.4, 0.5) is 13.2 Å². The number of carbonyl (C=O) groups excluding carboxylic acids is 2. The summed E-state index contributed by atoms with van der Waals surface area (Å²) in [5, 5.41) is 3.60. The molecule has 1 aromatic heterocycles. The number of halogens is 3. The summed E-state index contributed by atoms with van der Waals surface area (Å²) in [6, 6.07) is 6.76. The van der Waals surface area contributed by atoms with Crippen LogP contribution in [0.25, 0.3) is 10.9 Å². The molecule has 1 aromatic carbocycles.